The predicted octanol–water partition coefficient (Wildman–Crippen LogP) is 5.99. The zero-order chi connectivity index (χ0) is 26.8. The highest BCUT2D eigenvalue weighted by molar-refractivity contribution is 7.91. The number of hydrogen-bond donors (Lipinski definition) is 1. The van der Waals surface area contributed by atoms with E-state index in [0.717, 1.165) is 11.1 Å². The van der Waals surface area contributed by atoms with E-state index in [9.17, 15) is 23.1 Å². The molecule has 9 heteroatoms. The van der Waals surface area contributed by atoms with E-state index < -0.39 is 33.3 Å². The van der Waals surface area contributed by atoms with Crippen LogP contribution in [0.15, 0.2) is 48.5 Å². The number of aliphatic carboxylic acids is 1. The minimum atomic E-state index is -3.45. The van der Waals surface area contributed by atoms with Gasteiger partial charge < -0.3 is 10.0 Å². The van der Waals surface area contributed by atoms with Crippen LogP contribution in [0.2, 0.25) is 10.0 Å². The molecular formula is C27H33Cl2NO5S. The molecular weight excluding hydrogens is 521 g/mol. The summed E-state index contributed by atoms with van der Waals surface area (Å²) in [6.07, 6.45) is -0.0916. The minimum absolute atomic E-state index is 0.0476. The molecule has 196 valence electrons. The van der Waals surface area contributed by atoms with Crippen LogP contribution in [0.1, 0.15) is 63.6 Å². The van der Waals surface area contributed by atoms with Gasteiger partial charge in [0.15, 0.2) is 9.84 Å². The molecule has 0 unspecified atom stereocenters. The van der Waals surface area contributed by atoms with E-state index in [1.165, 1.54) is 0 Å². The smallest absolute Gasteiger partial charge is 0.304 e. The van der Waals surface area contributed by atoms with Crippen molar-refractivity contribution < 1.29 is 23.1 Å². The van der Waals surface area contributed by atoms with Crippen molar-refractivity contribution in [1.82, 2.24) is 4.90 Å². The lowest BCUT2D eigenvalue weighted by Gasteiger charge is -2.52. The minimum Gasteiger partial charge on any atom is -0.481 e. The van der Waals surface area contributed by atoms with Crippen molar-refractivity contribution in [3.63, 3.8) is 0 Å². The highest BCUT2D eigenvalue weighted by Crippen LogP contribution is 2.52. The van der Waals surface area contributed by atoms with Gasteiger partial charge in [-0.2, -0.15) is 0 Å². The lowest BCUT2D eigenvalue weighted by molar-refractivity contribution is -0.161. The molecule has 36 heavy (non-hydrogen) atoms. The molecule has 1 aliphatic rings. The van der Waals surface area contributed by atoms with Crippen molar-refractivity contribution >= 4 is 44.9 Å². The van der Waals surface area contributed by atoms with Crippen LogP contribution in [0.4, 0.5) is 0 Å². The molecule has 1 heterocycles. The van der Waals surface area contributed by atoms with Gasteiger partial charge >= 0.3 is 5.97 Å². The van der Waals surface area contributed by atoms with E-state index in [1.54, 1.807) is 36.9 Å². The average Bonchev–Trinajstić information content (AvgIpc) is 2.79. The summed E-state index contributed by atoms with van der Waals surface area (Å²) in [5.41, 5.74) is 0.428. The number of piperidine rings is 1. The molecule has 2 aromatic carbocycles. The van der Waals surface area contributed by atoms with E-state index in [1.807, 2.05) is 44.2 Å². The molecule has 1 N–H and O–H groups in total. The van der Waals surface area contributed by atoms with E-state index in [0.29, 0.717) is 10.0 Å². The molecule has 6 nitrogen and oxygen atoms in total. The first-order chi connectivity index (χ1) is 16.8. The van der Waals surface area contributed by atoms with Crippen molar-refractivity contribution in [3.05, 3.63) is 69.7 Å². The van der Waals surface area contributed by atoms with Crippen molar-refractivity contribution in [2.45, 2.75) is 58.5 Å². The molecule has 0 saturated carbocycles. The normalized spacial score (nSPS) is 23.6. The summed E-state index contributed by atoms with van der Waals surface area (Å²) in [5, 5.41) is 10.8. The van der Waals surface area contributed by atoms with Gasteiger partial charge in [-0.1, -0.05) is 75.2 Å². The van der Waals surface area contributed by atoms with Crippen LogP contribution in [0.25, 0.3) is 0 Å². The Morgan fingerprint density at radius 1 is 1.11 bits per heavy atom. The Bertz CT molecular complexity index is 1210. The van der Waals surface area contributed by atoms with Gasteiger partial charge in [-0.15, -0.1) is 0 Å². The van der Waals surface area contributed by atoms with Crippen LogP contribution in [0.5, 0.6) is 0 Å². The largest absolute Gasteiger partial charge is 0.481 e. The standard InChI is InChI=1S/C27H33Cl2NO5S/c1-5-36(34,35)16-23(17(2)3)30-25(18-9-11-20(28)12-10-18)22(19-7-6-8-21(29)13-19)14-27(4,26(30)33)15-24(31)32/h6-13,17,22-23,25H,5,14-16H2,1-4H3,(H,31,32)/t22-,23-,25-,27+/m1/s1. The molecule has 0 aromatic heterocycles. The summed E-state index contributed by atoms with van der Waals surface area (Å²) in [4.78, 5) is 27.8. The van der Waals surface area contributed by atoms with Crippen LogP contribution in [0, 0.1) is 11.3 Å². The third-order valence-electron chi connectivity index (χ3n) is 7.12. The lowest BCUT2D eigenvalue weighted by atomic mass is 9.66. The molecule has 1 fully saturated rings. The second-order valence-electron chi connectivity index (χ2n) is 10.2. The van der Waals surface area contributed by atoms with E-state index in [-0.39, 0.29) is 42.1 Å². The highest BCUT2D eigenvalue weighted by Gasteiger charge is 2.53. The first kappa shape index (κ1) is 28.5. The third kappa shape index (κ3) is 6.24. The van der Waals surface area contributed by atoms with Gasteiger partial charge in [-0.25, -0.2) is 8.42 Å². The maximum atomic E-state index is 14.2. The Hall–Kier alpha value is -2.09. The number of carboxylic acid groups (broad SMARTS) is 1. The summed E-state index contributed by atoms with van der Waals surface area (Å²) >= 11 is 12.5. The quantitative estimate of drug-likeness (QED) is 0.411. The van der Waals surface area contributed by atoms with Gasteiger partial charge in [0.1, 0.15) is 0 Å². The summed E-state index contributed by atoms with van der Waals surface area (Å²) in [7, 11) is -3.45. The van der Waals surface area contributed by atoms with E-state index in [4.69, 9.17) is 23.2 Å². The zero-order valence-electron chi connectivity index (χ0n) is 20.9. The van der Waals surface area contributed by atoms with Crippen LogP contribution in [-0.4, -0.2) is 47.8 Å². The number of rotatable bonds is 9. The second kappa shape index (κ2) is 11.1. The van der Waals surface area contributed by atoms with E-state index in [2.05, 4.69) is 0 Å². The van der Waals surface area contributed by atoms with Crippen LogP contribution in [-0.2, 0) is 19.4 Å². The molecule has 4 atom stereocenters. The van der Waals surface area contributed by atoms with Crippen molar-refractivity contribution in [1.29, 1.82) is 0 Å². The van der Waals surface area contributed by atoms with Gasteiger partial charge in [0, 0.05) is 27.8 Å². The van der Waals surface area contributed by atoms with Gasteiger partial charge in [-0.3, -0.25) is 9.59 Å². The zero-order valence-corrected chi connectivity index (χ0v) is 23.3. The Labute approximate surface area is 223 Å². The van der Waals surface area contributed by atoms with E-state index >= 15 is 0 Å². The molecule has 3 rings (SSSR count). The van der Waals surface area contributed by atoms with Gasteiger partial charge in [-0.05, 0) is 47.7 Å². The maximum absolute atomic E-state index is 14.2. The van der Waals surface area contributed by atoms with Crippen molar-refractivity contribution in [3.8, 4) is 0 Å². The second-order valence-corrected chi connectivity index (χ2v) is 13.5. The number of nitrogens with zero attached hydrogens (tertiary/aromatic N) is 1. The Balaban J connectivity index is 2.30. The topological polar surface area (TPSA) is 91.8 Å². The molecule has 0 bridgehead atoms. The molecule has 0 spiro atoms. The van der Waals surface area contributed by atoms with Crippen molar-refractivity contribution in [2.75, 3.05) is 11.5 Å². The molecule has 2 aromatic rings. The highest BCUT2D eigenvalue weighted by atomic mass is 35.5. The number of sulfone groups is 1. The van der Waals surface area contributed by atoms with Gasteiger partial charge in [0.25, 0.3) is 0 Å². The number of benzene rings is 2. The number of likely N-dealkylation sites (tertiary alicyclic amines) is 1. The Kier molecular flexibility index (Phi) is 8.79. The fourth-order valence-corrected chi connectivity index (χ4v) is 6.84. The molecule has 1 amide bonds. The lowest BCUT2D eigenvalue weighted by Crippen LogP contribution is -2.58. The van der Waals surface area contributed by atoms with Crippen molar-refractivity contribution in [2.24, 2.45) is 11.3 Å². The molecule has 0 aliphatic carbocycles. The first-order valence-corrected chi connectivity index (χ1v) is 14.6. The number of hydrogen-bond acceptors (Lipinski definition) is 4. The summed E-state index contributed by atoms with van der Waals surface area (Å²) in [6.45, 7) is 7.03. The Morgan fingerprint density at radius 3 is 2.28 bits per heavy atom. The number of carboxylic acids is 1. The van der Waals surface area contributed by atoms with Crippen LogP contribution in [0.3, 0.4) is 0 Å². The number of carbonyl (C=O) groups excluding carboxylic acids is 1. The summed E-state index contributed by atoms with van der Waals surface area (Å²) in [6, 6.07) is 13.3. The van der Waals surface area contributed by atoms with Crippen LogP contribution >= 0.6 is 23.2 Å². The SMILES string of the molecule is CCS(=O)(=O)C[C@H](C(C)C)N1C(=O)[C@](C)(CC(=O)O)C[C@H](c2cccc(Cl)c2)[C@H]1c1ccc(Cl)cc1. The fraction of sp³-hybridized carbons (Fsp3) is 0.481. The third-order valence-corrected chi connectivity index (χ3v) is 9.34. The predicted molar refractivity (Wildman–Crippen MR) is 143 cm³/mol. The average molecular weight is 555 g/mol. The number of halogens is 2. The number of amides is 1. The Morgan fingerprint density at radius 2 is 1.75 bits per heavy atom. The summed E-state index contributed by atoms with van der Waals surface area (Å²) in [5.74, 6) is -2.21. The summed E-state index contributed by atoms with van der Waals surface area (Å²) < 4.78 is 25.6. The van der Waals surface area contributed by atoms with Gasteiger partial charge in [0.2, 0.25) is 5.91 Å². The van der Waals surface area contributed by atoms with Gasteiger partial charge in [0.05, 0.1) is 23.6 Å². The monoisotopic (exact) mass is 553 g/mol. The van der Waals surface area contributed by atoms with Crippen LogP contribution < -0.4 is 0 Å². The number of carbonyl (C=O) groups is 2. The molecule has 1 aliphatic heterocycles. The first-order valence-electron chi connectivity index (χ1n) is 12.0. The fourth-order valence-electron chi connectivity index (χ4n) is 5.22. The molecule has 0 radical (unpaired) electrons. The maximum Gasteiger partial charge on any atom is 0.304 e. The molecule has 1 saturated heterocycles.